The first-order valence-electron chi connectivity index (χ1n) is 8.67. The molecule has 1 heterocycles. The molecule has 1 amide bonds. The van der Waals surface area contributed by atoms with Crippen LogP contribution in [0.2, 0.25) is 0 Å². The Kier molecular flexibility index (Phi) is 6.48. The molecule has 1 fully saturated rings. The van der Waals surface area contributed by atoms with Crippen LogP contribution in [-0.4, -0.2) is 55.0 Å². The van der Waals surface area contributed by atoms with E-state index in [9.17, 15) is 4.79 Å². The van der Waals surface area contributed by atoms with E-state index in [0.717, 1.165) is 54.9 Å². The smallest absolute Gasteiger partial charge is 0.253 e. The van der Waals surface area contributed by atoms with Crippen LogP contribution in [0.1, 0.15) is 16.8 Å². The molecule has 2 aromatic rings. The van der Waals surface area contributed by atoms with Gasteiger partial charge >= 0.3 is 0 Å². The Hall–Kier alpha value is -1.85. The molecule has 2 aromatic carbocycles. The third kappa shape index (κ3) is 5.31. The van der Waals surface area contributed by atoms with Crippen LogP contribution >= 0.6 is 15.9 Å². The summed E-state index contributed by atoms with van der Waals surface area (Å²) in [4.78, 5) is 16.9. The molecule has 0 aliphatic carbocycles. The molecule has 1 saturated heterocycles. The maximum absolute atomic E-state index is 12.6. The van der Waals surface area contributed by atoms with E-state index in [1.807, 2.05) is 59.5 Å². The lowest BCUT2D eigenvalue weighted by Gasteiger charge is -2.22. The third-order valence-corrected chi connectivity index (χ3v) is 4.86. The van der Waals surface area contributed by atoms with Gasteiger partial charge in [-0.05, 0) is 36.8 Å². The van der Waals surface area contributed by atoms with Crippen LogP contribution in [-0.2, 0) is 0 Å². The van der Waals surface area contributed by atoms with Crippen LogP contribution in [0.3, 0.4) is 0 Å². The zero-order valence-electron chi connectivity index (χ0n) is 14.2. The van der Waals surface area contributed by atoms with Gasteiger partial charge in [0.25, 0.3) is 5.91 Å². The van der Waals surface area contributed by atoms with Gasteiger partial charge in [-0.1, -0.05) is 40.2 Å². The van der Waals surface area contributed by atoms with Crippen molar-refractivity contribution in [2.24, 2.45) is 0 Å². The van der Waals surface area contributed by atoms with Gasteiger partial charge in [-0.3, -0.25) is 9.69 Å². The molecule has 0 N–H and O–H groups in total. The van der Waals surface area contributed by atoms with Crippen LogP contribution in [0.4, 0.5) is 0 Å². The molecule has 132 valence electrons. The number of nitrogens with zero attached hydrogens (tertiary/aromatic N) is 2. The van der Waals surface area contributed by atoms with Crippen molar-refractivity contribution in [2.45, 2.75) is 6.42 Å². The van der Waals surface area contributed by atoms with Gasteiger partial charge in [0.2, 0.25) is 0 Å². The predicted octanol–water partition coefficient (Wildman–Crippen LogP) is 3.68. The fourth-order valence-electron chi connectivity index (χ4n) is 3.01. The maximum Gasteiger partial charge on any atom is 0.253 e. The Morgan fingerprint density at radius 3 is 2.64 bits per heavy atom. The summed E-state index contributed by atoms with van der Waals surface area (Å²) >= 11 is 3.45. The normalized spacial score (nSPS) is 15.6. The lowest BCUT2D eigenvalue weighted by Crippen LogP contribution is -2.36. The molecule has 0 saturated carbocycles. The van der Waals surface area contributed by atoms with E-state index in [1.54, 1.807) is 0 Å². The summed E-state index contributed by atoms with van der Waals surface area (Å²) in [7, 11) is 0. The summed E-state index contributed by atoms with van der Waals surface area (Å²) in [6.45, 7) is 5.01. The Balaban J connectivity index is 1.46. The maximum atomic E-state index is 12.6. The van der Waals surface area contributed by atoms with E-state index in [-0.39, 0.29) is 5.91 Å². The molecular formula is C20H23BrN2O2. The Morgan fingerprint density at radius 2 is 1.84 bits per heavy atom. The Labute approximate surface area is 157 Å². The van der Waals surface area contributed by atoms with E-state index in [4.69, 9.17) is 4.74 Å². The van der Waals surface area contributed by atoms with Gasteiger partial charge in [-0.25, -0.2) is 0 Å². The summed E-state index contributed by atoms with van der Waals surface area (Å²) in [6.07, 6.45) is 0.995. The van der Waals surface area contributed by atoms with Crippen molar-refractivity contribution in [1.29, 1.82) is 0 Å². The standard InChI is InChI=1S/C20H23BrN2O2/c21-18-8-4-9-19(16-18)25-15-14-22-10-5-11-23(13-12-22)20(24)17-6-2-1-3-7-17/h1-4,6-9,16H,5,10-15H2. The summed E-state index contributed by atoms with van der Waals surface area (Å²) in [6, 6.07) is 17.4. The van der Waals surface area contributed by atoms with E-state index < -0.39 is 0 Å². The Bertz CT molecular complexity index is 693. The number of ether oxygens (including phenoxy) is 1. The molecule has 0 radical (unpaired) electrons. The fraction of sp³-hybridized carbons (Fsp3) is 0.350. The minimum Gasteiger partial charge on any atom is -0.492 e. The van der Waals surface area contributed by atoms with Crippen molar-refractivity contribution in [3.63, 3.8) is 0 Å². The highest BCUT2D eigenvalue weighted by atomic mass is 79.9. The molecule has 0 aromatic heterocycles. The van der Waals surface area contributed by atoms with Crippen LogP contribution in [0.25, 0.3) is 0 Å². The fourth-order valence-corrected chi connectivity index (χ4v) is 3.39. The summed E-state index contributed by atoms with van der Waals surface area (Å²) < 4.78 is 6.84. The number of hydrogen-bond donors (Lipinski definition) is 0. The van der Waals surface area contributed by atoms with Gasteiger partial charge in [0.05, 0.1) is 0 Å². The van der Waals surface area contributed by atoms with Gasteiger partial charge in [0, 0.05) is 42.8 Å². The van der Waals surface area contributed by atoms with Crippen molar-refractivity contribution >= 4 is 21.8 Å². The number of halogens is 1. The lowest BCUT2D eigenvalue weighted by molar-refractivity contribution is 0.0760. The van der Waals surface area contributed by atoms with E-state index in [1.165, 1.54) is 0 Å². The second-order valence-corrected chi connectivity index (χ2v) is 7.07. The van der Waals surface area contributed by atoms with Gasteiger partial charge in [-0.2, -0.15) is 0 Å². The summed E-state index contributed by atoms with van der Waals surface area (Å²) in [5.41, 5.74) is 0.772. The van der Waals surface area contributed by atoms with Crippen LogP contribution in [0.5, 0.6) is 5.75 Å². The first kappa shape index (κ1) is 18.0. The van der Waals surface area contributed by atoms with E-state index in [0.29, 0.717) is 6.61 Å². The van der Waals surface area contributed by atoms with Crippen molar-refractivity contribution in [3.8, 4) is 5.75 Å². The minimum absolute atomic E-state index is 0.132. The molecular weight excluding hydrogens is 380 g/mol. The summed E-state index contributed by atoms with van der Waals surface area (Å²) in [5.74, 6) is 1.01. The van der Waals surface area contributed by atoms with Crippen molar-refractivity contribution in [3.05, 3.63) is 64.6 Å². The topological polar surface area (TPSA) is 32.8 Å². The SMILES string of the molecule is O=C(c1ccccc1)N1CCCN(CCOc2cccc(Br)c2)CC1. The highest BCUT2D eigenvalue weighted by Gasteiger charge is 2.19. The first-order chi connectivity index (χ1) is 12.2. The molecule has 3 rings (SSSR count). The number of benzene rings is 2. The second kappa shape index (κ2) is 9.02. The molecule has 25 heavy (non-hydrogen) atoms. The second-order valence-electron chi connectivity index (χ2n) is 6.16. The van der Waals surface area contributed by atoms with Crippen molar-refractivity contribution < 1.29 is 9.53 Å². The predicted molar refractivity (Wildman–Crippen MR) is 103 cm³/mol. The van der Waals surface area contributed by atoms with Gasteiger partial charge in [0.1, 0.15) is 12.4 Å². The zero-order valence-corrected chi connectivity index (χ0v) is 15.8. The monoisotopic (exact) mass is 402 g/mol. The molecule has 5 heteroatoms. The average molecular weight is 403 g/mol. The molecule has 0 bridgehead atoms. The number of hydrogen-bond acceptors (Lipinski definition) is 3. The van der Waals surface area contributed by atoms with E-state index in [2.05, 4.69) is 20.8 Å². The third-order valence-electron chi connectivity index (χ3n) is 4.37. The number of carbonyl (C=O) groups excluding carboxylic acids is 1. The number of carbonyl (C=O) groups is 1. The number of rotatable bonds is 5. The minimum atomic E-state index is 0.132. The molecule has 1 aliphatic rings. The largest absolute Gasteiger partial charge is 0.492 e. The summed E-state index contributed by atoms with van der Waals surface area (Å²) in [5, 5.41) is 0. The lowest BCUT2D eigenvalue weighted by atomic mass is 10.2. The van der Waals surface area contributed by atoms with Gasteiger partial charge < -0.3 is 9.64 Å². The van der Waals surface area contributed by atoms with Crippen LogP contribution in [0.15, 0.2) is 59.1 Å². The number of amides is 1. The van der Waals surface area contributed by atoms with Gasteiger partial charge in [-0.15, -0.1) is 0 Å². The Morgan fingerprint density at radius 1 is 1.00 bits per heavy atom. The van der Waals surface area contributed by atoms with E-state index >= 15 is 0 Å². The first-order valence-corrected chi connectivity index (χ1v) is 9.47. The highest BCUT2D eigenvalue weighted by Crippen LogP contribution is 2.17. The molecule has 0 spiro atoms. The molecule has 0 atom stereocenters. The molecule has 4 nitrogen and oxygen atoms in total. The van der Waals surface area contributed by atoms with Crippen molar-refractivity contribution in [1.82, 2.24) is 9.80 Å². The zero-order chi connectivity index (χ0) is 17.5. The average Bonchev–Trinajstić information content (AvgIpc) is 2.88. The van der Waals surface area contributed by atoms with Crippen LogP contribution in [0, 0.1) is 0 Å². The van der Waals surface area contributed by atoms with Crippen LogP contribution < -0.4 is 4.74 Å². The molecule has 0 unspecified atom stereocenters. The van der Waals surface area contributed by atoms with Crippen molar-refractivity contribution in [2.75, 3.05) is 39.3 Å². The highest BCUT2D eigenvalue weighted by molar-refractivity contribution is 9.10. The molecule has 1 aliphatic heterocycles. The quantitative estimate of drug-likeness (QED) is 0.764. The van der Waals surface area contributed by atoms with Gasteiger partial charge in [0.15, 0.2) is 0 Å².